The normalized spacial score (nSPS) is 20.1. The number of aromatic nitrogens is 2. The number of nitrogens with zero attached hydrogens (tertiary/aromatic N) is 3. The lowest BCUT2D eigenvalue weighted by atomic mass is 9.99. The zero-order valence-corrected chi connectivity index (χ0v) is 13.4. The number of rotatable bonds is 6. The number of nitrogens with one attached hydrogen (secondary N) is 1. The van der Waals surface area contributed by atoms with Gasteiger partial charge in [0.2, 0.25) is 0 Å². The number of ether oxygens (including phenoxy) is 1. The molecule has 0 radical (unpaired) electrons. The van der Waals surface area contributed by atoms with Crippen molar-refractivity contribution in [3.05, 3.63) is 18.0 Å². The first kappa shape index (κ1) is 16.5. The predicted octanol–water partition coefficient (Wildman–Crippen LogP) is 1.41. The van der Waals surface area contributed by atoms with Crippen LogP contribution in [0.3, 0.4) is 0 Å². The summed E-state index contributed by atoms with van der Waals surface area (Å²) in [4.78, 5) is 24.0. The Morgan fingerprint density at radius 1 is 1.59 bits per heavy atom. The molecule has 1 aromatic heterocycles. The summed E-state index contributed by atoms with van der Waals surface area (Å²) in [5.41, 5.74) is 0.921. The molecule has 1 fully saturated rings. The van der Waals surface area contributed by atoms with Gasteiger partial charge in [-0.2, -0.15) is 5.10 Å². The molecule has 1 saturated heterocycles. The lowest BCUT2D eigenvalue weighted by molar-refractivity contribution is -0.123. The maximum absolute atomic E-state index is 11.5. The molecule has 2 rings (SSSR count). The fourth-order valence-electron chi connectivity index (χ4n) is 2.92. The maximum Gasteiger partial charge on any atom is 0.415 e. The van der Waals surface area contributed by atoms with Crippen LogP contribution in [-0.2, 0) is 16.1 Å². The maximum atomic E-state index is 11.5. The van der Waals surface area contributed by atoms with Crippen LogP contribution in [0.4, 0.5) is 4.79 Å². The highest BCUT2D eigenvalue weighted by Gasteiger charge is 2.23. The Hall–Kier alpha value is -1.89. The fraction of sp³-hybridized carbons (Fsp3) is 0.667. The molecule has 1 amide bonds. The van der Waals surface area contributed by atoms with E-state index in [9.17, 15) is 9.59 Å². The van der Waals surface area contributed by atoms with Gasteiger partial charge in [0.1, 0.15) is 0 Å². The van der Waals surface area contributed by atoms with E-state index in [0.717, 1.165) is 25.2 Å². The summed E-state index contributed by atoms with van der Waals surface area (Å²) in [6.07, 6.45) is 4.18. The second-order valence-corrected chi connectivity index (χ2v) is 6.28. The molecule has 0 spiro atoms. The molecule has 7 nitrogen and oxygen atoms in total. The van der Waals surface area contributed by atoms with Gasteiger partial charge >= 0.3 is 12.6 Å². The lowest BCUT2D eigenvalue weighted by Crippen LogP contribution is -2.31. The zero-order valence-electron chi connectivity index (χ0n) is 13.4. The van der Waals surface area contributed by atoms with Crippen LogP contribution < -0.4 is 5.32 Å². The summed E-state index contributed by atoms with van der Waals surface area (Å²) in [6.45, 7) is 7.23. The second-order valence-electron chi connectivity index (χ2n) is 6.28. The topological polar surface area (TPSA) is 76.5 Å². The van der Waals surface area contributed by atoms with E-state index in [2.05, 4.69) is 27.1 Å². The standard InChI is InChI=1S/C15H24N4O3/c1-11(2)14(17-15(21)22-10-20)13-6-16-19(9-13)8-12-4-5-18(3)7-12/h6,9-12,14H,4-5,7-8H2,1-3H3,(H,17,21)/t12-,14?/m0/s1. The second kappa shape index (κ2) is 7.40. The van der Waals surface area contributed by atoms with Gasteiger partial charge in [-0.25, -0.2) is 4.79 Å². The summed E-state index contributed by atoms with van der Waals surface area (Å²) in [7, 11) is 2.13. The third-order valence-electron chi connectivity index (χ3n) is 4.04. The summed E-state index contributed by atoms with van der Waals surface area (Å²) in [6, 6.07) is -0.229. The third kappa shape index (κ3) is 4.30. The van der Waals surface area contributed by atoms with Gasteiger partial charge in [-0.05, 0) is 31.8 Å². The Balaban J connectivity index is 2.00. The van der Waals surface area contributed by atoms with Crippen molar-refractivity contribution < 1.29 is 14.3 Å². The van der Waals surface area contributed by atoms with E-state index in [4.69, 9.17) is 0 Å². The highest BCUT2D eigenvalue weighted by molar-refractivity contribution is 5.75. The third-order valence-corrected chi connectivity index (χ3v) is 4.04. The zero-order chi connectivity index (χ0) is 16.1. The van der Waals surface area contributed by atoms with Crippen molar-refractivity contribution >= 4 is 12.6 Å². The largest absolute Gasteiger partial charge is 0.415 e. The van der Waals surface area contributed by atoms with Crippen LogP contribution in [-0.4, -0.2) is 47.4 Å². The summed E-state index contributed by atoms with van der Waals surface area (Å²) < 4.78 is 6.24. The van der Waals surface area contributed by atoms with Crippen molar-refractivity contribution in [2.75, 3.05) is 20.1 Å². The molecule has 0 aromatic carbocycles. The number of hydrogen-bond donors (Lipinski definition) is 1. The quantitative estimate of drug-likeness (QED) is 0.635. The molecule has 1 aliphatic heterocycles. The monoisotopic (exact) mass is 308 g/mol. The Morgan fingerprint density at radius 3 is 2.95 bits per heavy atom. The van der Waals surface area contributed by atoms with Crippen molar-refractivity contribution in [1.82, 2.24) is 20.0 Å². The Morgan fingerprint density at radius 2 is 2.36 bits per heavy atom. The molecule has 2 atom stereocenters. The molecule has 0 bridgehead atoms. The van der Waals surface area contributed by atoms with Crippen molar-refractivity contribution in [3.63, 3.8) is 0 Å². The highest BCUT2D eigenvalue weighted by atomic mass is 16.6. The van der Waals surface area contributed by atoms with E-state index in [0.29, 0.717) is 5.92 Å². The summed E-state index contributed by atoms with van der Waals surface area (Å²) in [5, 5.41) is 7.09. The number of alkyl carbamates (subject to hydrolysis) is 1. The molecule has 0 aliphatic carbocycles. The molecule has 0 saturated carbocycles. The minimum atomic E-state index is -0.737. The Labute approximate surface area is 130 Å². The minimum absolute atomic E-state index is 0.132. The van der Waals surface area contributed by atoms with E-state index in [1.165, 1.54) is 6.42 Å². The summed E-state index contributed by atoms with van der Waals surface area (Å²) >= 11 is 0. The fourth-order valence-corrected chi connectivity index (χ4v) is 2.92. The van der Waals surface area contributed by atoms with Gasteiger partial charge in [0.25, 0.3) is 0 Å². The van der Waals surface area contributed by atoms with Crippen LogP contribution in [0.5, 0.6) is 0 Å². The molecule has 2 heterocycles. The van der Waals surface area contributed by atoms with E-state index in [-0.39, 0.29) is 18.4 Å². The average molecular weight is 308 g/mol. The van der Waals surface area contributed by atoms with Crippen molar-refractivity contribution in [2.24, 2.45) is 11.8 Å². The molecular weight excluding hydrogens is 284 g/mol. The first-order valence-electron chi connectivity index (χ1n) is 7.61. The van der Waals surface area contributed by atoms with E-state index < -0.39 is 6.09 Å². The smallest absolute Gasteiger partial charge is 0.379 e. The number of amides is 1. The van der Waals surface area contributed by atoms with Crippen molar-refractivity contribution in [3.8, 4) is 0 Å². The molecule has 122 valence electrons. The highest BCUT2D eigenvalue weighted by Crippen LogP contribution is 2.22. The van der Waals surface area contributed by atoms with Crippen LogP contribution in [0, 0.1) is 11.8 Å². The first-order chi connectivity index (χ1) is 10.5. The molecule has 7 heteroatoms. The predicted molar refractivity (Wildman–Crippen MR) is 81.1 cm³/mol. The molecular formula is C15H24N4O3. The van der Waals surface area contributed by atoms with Gasteiger partial charge in [-0.15, -0.1) is 0 Å². The molecule has 1 unspecified atom stereocenters. The van der Waals surface area contributed by atoms with Crippen molar-refractivity contribution in [2.45, 2.75) is 32.9 Å². The van der Waals surface area contributed by atoms with E-state index >= 15 is 0 Å². The van der Waals surface area contributed by atoms with Gasteiger partial charge in [-0.1, -0.05) is 13.8 Å². The van der Waals surface area contributed by atoms with Crippen LogP contribution in [0.15, 0.2) is 12.4 Å². The van der Waals surface area contributed by atoms with Crippen LogP contribution in [0.1, 0.15) is 31.9 Å². The Kier molecular flexibility index (Phi) is 5.54. The van der Waals surface area contributed by atoms with Crippen molar-refractivity contribution in [1.29, 1.82) is 0 Å². The van der Waals surface area contributed by atoms with E-state index in [1.54, 1.807) is 6.20 Å². The van der Waals surface area contributed by atoms with Crippen LogP contribution >= 0.6 is 0 Å². The first-order valence-corrected chi connectivity index (χ1v) is 7.61. The Bertz CT molecular complexity index is 515. The number of hydrogen-bond acceptors (Lipinski definition) is 5. The summed E-state index contributed by atoms with van der Waals surface area (Å²) in [5.74, 6) is 0.776. The van der Waals surface area contributed by atoms with Gasteiger partial charge in [0, 0.05) is 24.8 Å². The average Bonchev–Trinajstić information content (AvgIpc) is 3.06. The van der Waals surface area contributed by atoms with E-state index in [1.807, 2.05) is 24.7 Å². The number of carbonyl (C=O) groups excluding carboxylic acids is 2. The number of likely N-dealkylation sites (tertiary alicyclic amines) is 1. The molecule has 1 N–H and O–H groups in total. The van der Waals surface area contributed by atoms with Gasteiger partial charge in [0.05, 0.1) is 12.2 Å². The number of carbonyl (C=O) groups is 2. The van der Waals surface area contributed by atoms with Gasteiger partial charge < -0.3 is 15.0 Å². The van der Waals surface area contributed by atoms with Gasteiger partial charge in [0.15, 0.2) is 0 Å². The lowest BCUT2D eigenvalue weighted by Gasteiger charge is -2.20. The van der Waals surface area contributed by atoms with Crippen LogP contribution in [0.2, 0.25) is 0 Å². The molecule has 22 heavy (non-hydrogen) atoms. The SMILES string of the molecule is CC(C)C(NC(=O)OC=O)c1cnn(C[C@H]2CCN(C)C2)c1. The van der Waals surface area contributed by atoms with Gasteiger partial charge in [-0.3, -0.25) is 9.48 Å². The minimum Gasteiger partial charge on any atom is -0.379 e. The molecule has 1 aromatic rings. The van der Waals surface area contributed by atoms with Crippen LogP contribution in [0.25, 0.3) is 0 Å². The molecule has 1 aliphatic rings.